The van der Waals surface area contributed by atoms with Gasteiger partial charge in [0.05, 0.1) is 23.0 Å². The predicted molar refractivity (Wildman–Crippen MR) is 141 cm³/mol. The van der Waals surface area contributed by atoms with E-state index in [9.17, 15) is 4.79 Å². The Kier molecular flexibility index (Phi) is 9.39. The van der Waals surface area contributed by atoms with Crippen molar-refractivity contribution in [3.63, 3.8) is 0 Å². The fraction of sp³-hybridized carbons (Fsp3) is 0.182. The van der Waals surface area contributed by atoms with Crippen LogP contribution in [0.25, 0.3) is 11.1 Å². The highest BCUT2D eigenvalue weighted by Crippen LogP contribution is 2.34. The smallest absolute Gasteiger partial charge is 0.180 e. The van der Waals surface area contributed by atoms with Crippen LogP contribution in [-0.4, -0.2) is 35.0 Å². The SMILES string of the molecule is C.Nc1nc(C2=CCc3ncc(Br)cc32)cs1.O=C(CCl)C1=CCc2ncc(Br)cc21.[B]. The molecule has 0 bridgehead atoms. The molecule has 0 saturated carbocycles. The van der Waals surface area contributed by atoms with E-state index < -0.39 is 0 Å². The number of alkyl halides is 1. The van der Waals surface area contributed by atoms with E-state index in [0.29, 0.717) is 10.7 Å². The van der Waals surface area contributed by atoms with E-state index >= 15 is 0 Å². The molecule has 163 valence electrons. The van der Waals surface area contributed by atoms with Crippen molar-refractivity contribution in [3.05, 3.63) is 79.2 Å². The van der Waals surface area contributed by atoms with E-state index in [-0.39, 0.29) is 27.5 Å². The topological polar surface area (TPSA) is 81.8 Å². The van der Waals surface area contributed by atoms with Gasteiger partial charge in [-0.1, -0.05) is 19.6 Å². The summed E-state index contributed by atoms with van der Waals surface area (Å²) in [4.78, 5) is 24.4. The first kappa shape index (κ1) is 26.4. The Morgan fingerprint density at radius 1 is 1.06 bits per heavy atom. The number of nitrogen functional groups attached to an aromatic ring is 1. The number of thiazole rings is 1. The number of nitrogens with zero attached hydrogens (tertiary/aromatic N) is 3. The van der Waals surface area contributed by atoms with Crippen molar-refractivity contribution in [1.29, 1.82) is 0 Å². The Morgan fingerprint density at radius 3 is 2.25 bits per heavy atom. The zero-order chi connectivity index (χ0) is 21.3. The van der Waals surface area contributed by atoms with Crippen LogP contribution in [0.1, 0.15) is 35.6 Å². The highest BCUT2D eigenvalue weighted by Gasteiger charge is 2.21. The lowest BCUT2D eigenvalue weighted by Gasteiger charge is -2.02. The molecule has 0 aromatic carbocycles. The summed E-state index contributed by atoms with van der Waals surface area (Å²) in [5, 5.41) is 2.59. The van der Waals surface area contributed by atoms with E-state index in [1.165, 1.54) is 11.3 Å². The first-order valence-electron chi connectivity index (χ1n) is 8.96. The average Bonchev–Trinajstić information content (AvgIpc) is 3.45. The summed E-state index contributed by atoms with van der Waals surface area (Å²) in [5.41, 5.74) is 12.5. The minimum absolute atomic E-state index is 0. The molecular formula is C22H19BBr2ClN4OS. The average molecular weight is 594 g/mol. The standard InChI is InChI=1S/C11H8BrN3S.C10H7BrClNO.CH4.B/c12-6-3-8-7(1-2-9(8)14-4-6)10-5-16-11(13)15-10;11-6-3-8-7(10(14)4-12)1-2-9(8)13-5-6;;/h1,3-5H,2H2,(H2,13,15);1,3,5H,2,4H2;1H4;. The number of hydrogen-bond donors (Lipinski definition) is 1. The van der Waals surface area contributed by atoms with Crippen molar-refractivity contribution < 1.29 is 4.79 Å². The molecule has 3 heterocycles. The summed E-state index contributed by atoms with van der Waals surface area (Å²) in [6, 6.07) is 3.99. The van der Waals surface area contributed by atoms with Gasteiger partial charge in [-0.2, -0.15) is 0 Å². The molecule has 10 heteroatoms. The van der Waals surface area contributed by atoms with Crippen LogP contribution in [0.4, 0.5) is 5.13 Å². The molecule has 0 saturated heterocycles. The van der Waals surface area contributed by atoms with Crippen LogP contribution in [-0.2, 0) is 17.6 Å². The van der Waals surface area contributed by atoms with Crippen LogP contribution < -0.4 is 5.73 Å². The summed E-state index contributed by atoms with van der Waals surface area (Å²) in [7, 11) is 0. The van der Waals surface area contributed by atoms with Crippen LogP contribution in [0.15, 0.2) is 51.0 Å². The molecule has 0 unspecified atom stereocenters. The van der Waals surface area contributed by atoms with Gasteiger partial charge in [0.2, 0.25) is 0 Å². The Balaban J connectivity index is 0.000000215. The van der Waals surface area contributed by atoms with Crippen molar-refractivity contribution in [1.82, 2.24) is 15.0 Å². The number of carbonyl (C=O) groups excluding carboxylic acids is 1. The van der Waals surface area contributed by atoms with Crippen LogP contribution in [0.3, 0.4) is 0 Å². The molecular weight excluding hydrogens is 574 g/mol. The maximum atomic E-state index is 11.4. The number of hydrogen-bond acceptors (Lipinski definition) is 6. The van der Waals surface area contributed by atoms with Gasteiger partial charge >= 0.3 is 0 Å². The Labute approximate surface area is 215 Å². The van der Waals surface area contributed by atoms with Gasteiger partial charge < -0.3 is 5.73 Å². The summed E-state index contributed by atoms with van der Waals surface area (Å²) in [6.07, 6.45) is 9.19. The van der Waals surface area contributed by atoms with Crippen LogP contribution >= 0.6 is 54.8 Å². The number of rotatable bonds is 3. The molecule has 3 aromatic rings. The molecule has 2 aliphatic carbocycles. The Morgan fingerprint density at radius 2 is 1.66 bits per heavy atom. The highest BCUT2D eigenvalue weighted by molar-refractivity contribution is 9.10. The van der Waals surface area contributed by atoms with Gasteiger partial charge in [0.15, 0.2) is 10.9 Å². The minimum atomic E-state index is -0.0367. The Bertz CT molecular complexity index is 1210. The lowest BCUT2D eigenvalue weighted by molar-refractivity contribution is -0.111. The lowest BCUT2D eigenvalue weighted by Crippen LogP contribution is -2.02. The van der Waals surface area contributed by atoms with Crippen molar-refractivity contribution in [3.8, 4) is 0 Å². The third kappa shape index (κ3) is 5.57. The fourth-order valence-corrected chi connectivity index (χ4v) is 4.70. The number of Topliss-reactive ketones (excluding diaryl/α,β-unsaturated/α-hetero) is 1. The highest BCUT2D eigenvalue weighted by atomic mass is 79.9. The zero-order valence-corrected chi connectivity index (χ0v) is 20.9. The summed E-state index contributed by atoms with van der Waals surface area (Å²) in [5.74, 6) is -0.0112. The van der Waals surface area contributed by atoms with E-state index in [0.717, 1.165) is 55.6 Å². The normalized spacial score (nSPS) is 12.8. The van der Waals surface area contributed by atoms with E-state index in [1.807, 2.05) is 23.7 Å². The number of aromatic nitrogens is 3. The maximum absolute atomic E-state index is 11.4. The number of allylic oxidation sites excluding steroid dienone is 3. The molecule has 32 heavy (non-hydrogen) atoms. The van der Waals surface area contributed by atoms with Gasteiger partial charge in [-0.25, -0.2) is 4.98 Å². The summed E-state index contributed by atoms with van der Waals surface area (Å²) < 4.78 is 1.87. The van der Waals surface area contributed by atoms with Gasteiger partial charge in [-0.05, 0) is 44.0 Å². The van der Waals surface area contributed by atoms with Gasteiger partial charge in [0.25, 0.3) is 0 Å². The lowest BCUT2D eigenvalue weighted by atomic mass is 10.1. The number of halogens is 3. The first-order valence-corrected chi connectivity index (χ1v) is 12.0. The molecule has 2 N–H and O–H groups in total. The van der Waals surface area contributed by atoms with E-state index in [4.69, 9.17) is 17.3 Å². The second kappa shape index (κ2) is 11.4. The Hall–Kier alpha value is -1.81. The molecule has 0 amide bonds. The second-order valence-corrected chi connectivity index (χ2v) is 9.56. The van der Waals surface area contributed by atoms with Crippen molar-refractivity contribution in [2.75, 3.05) is 11.6 Å². The zero-order valence-electron chi connectivity index (χ0n) is 16.1. The number of carbonyl (C=O) groups is 1. The summed E-state index contributed by atoms with van der Waals surface area (Å²) >= 11 is 13.7. The number of pyridine rings is 2. The molecule has 0 aliphatic heterocycles. The number of nitrogens with two attached hydrogens (primary N) is 1. The van der Waals surface area contributed by atoms with Crippen molar-refractivity contribution in [2.45, 2.75) is 20.3 Å². The van der Waals surface area contributed by atoms with Gasteiger partial charge in [-0.3, -0.25) is 14.8 Å². The van der Waals surface area contributed by atoms with E-state index in [2.05, 4.69) is 59.0 Å². The van der Waals surface area contributed by atoms with Gasteiger partial charge in [0.1, 0.15) is 0 Å². The predicted octanol–water partition coefficient (Wildman–Crippen LogP) is 5.72. The monoisotopic (exact) mass is 591 g/mol. The van der Waals surface area contributed by atoms with Gasteiger partial charge in [-0.15, -0.1) is 22.9 Å². The number of anilines is 1. The summed E-state index contributed by atoms with van der Waals surface area (Å²) in [6.45, 7) is 0. The van der Waals surface area contributed by atoms with Gasteiger partial charge in [0, 0.05) is 70.2 Å². The van der Waals surface area contributed by atoms with Crippen LogP contribution in [0, 0.1) is 0 Å². The van der Waals surface area contributed by atoms with Crippen molar-refractivity contribution in [2.24, 2.45) is 0 Å². The number of fused-ring (bicyclic) bond motifs is 2. The largest absolute Gasteiger partial charge is 0.375 e. The third-order valence-corrected chi connectivity index (χ3v) is 6.46. The fourth-order valence-electron chi connectivity index (χ4n) is 3.33. The molecule has 0 fully saturated rings. The molecule has 0 spiro atoms. The second-order valence-electron chi connectivity index (χ2n) is 6.57. The van der Waals surface area contributed by atoms with E-state index in [1.54, 1.807) is 6.20 Å². The first-order chi connectivity index (χ1) is 14.5. The molecule has 3 radical (unpaired) electrons. The minimum Gasteiger partial charge on any atom is -0.375 e. The molecule has 3 aromatic heterocycles. The molecule has 2 aliphatic rings. The number of ketones is 1. The van der Waals surface area contributed by atoms with Crippen LogP contribution in [0.5, 0.6) is 0 Å². The molecule has 0 atom stereocenters. The van der Waals surface area contributed by atoms with Crippen molar-refractivity contribution >= 4 is 85.3 Å². The molecule has 5 rings (SSSR count). The van der Waals surface area contributed by atoms with Crippen LogP contribution in [0.2, 0.25) is 0 Å². The molecule has 5 nitrogen and oxygen atoms in total. The third-order valence-electron chi connectivity index (χ3n) is 4.67. The quantitative estimate of drug-likeness (QED) is 0.311. The maximum Gasteiger partial charge on any atom is 0.180 e.